The smallest absolute Gasteiger partial charge is 0.296 e. The van der Waals surface area contributed by atoms with E-state index < -0.39 is 21.5 Å². The molecule has 2 rings (SSSR count). The number of carbonyl (C=O) groups is 2. The summed E-state index contributed by atoms with van der Waals surface area (Å²) in [5.74, 6) is -1.19. The van der Waals surface area contributed by atoms with E-state index >= 15 is 0 Å². The van der Waals surface area contributed by atoms with Crippen LogP contribution in [0.5, 0.6) is 0 Å². The van der Waals surface area contributed by atoms with E-state index in [0.29, 0.717) is 18.7 Å². The van der Waals surface area contributed by atoms with Crippen molar-refractivity contribution in [3.63, 3.8) is 0 Å². The van der Waals surface area contributed by atoms with Crippen LogP contribution < -0.4 is 0 Å². The summed E-state index contributed by atoms with van der Waals surface area (Å²) >= 11 is 0. The van der Waals surface area contributed by atoms with E-state index in [1.165, 1.54) is 4.90 Å². The van der Waals surface area contributed by atoms with Crippen molar-refractivity contribution in [1.29, 1.82) is 0 Å². The SMILES string of the molecule is CCN(C(=O)C(=O)c1cccn1C)[C@H]1CCS(=O)(=O)C1. The summed E-state index contributed by atoms with van der Waals surface area (Å²) in [5, 5.41) is 0. The van der Waals surface area contributed by atoms with Gasteiger partial charge in [0.15, 0.2) is 9.84 Å². The third-order valence-electron chi connectivity index (χ3n) is 3.62. The predicted molar refractivity (Wildman–Crippen MR) is 74.2 cm³/mol. The first-order chi connectivity index (χ1) is 9.35. The second-order valence-corrected chi connectivity index (χ2v) is 7.21. The Hall–Kier alpha value is -1.63. The molecule has 2 heterocycles. The number of hydrogen-bond donors (Lipinski definition) is 0. The summed E-state index contributed by atoms with van der Waals surface area (Å²) in [6.07, 6.45) is 2.10. The van der Waals surface area contributed by atoms with Gasteiger partial charge in [-0.25, -0.2) is 8.42 Å². The Bertz CT molecular complexity index is 633. The Balaban J connectivity index is 2.18. The number of sulfone groups is 1. The number of Topliss-reactive ketones (excluding diaryl/α,β-unsaturated/α-hetero) is 1. The Morgan fingerprint density at radius 1 is 1.45 bits per heavy atom. The van der Waals surface area contributed by atoms with Crippen LogP contribution >= 0.6 is 0 Å². The van der Waals surface area contributed by atoms with E-state index in [1.54, 1.807) is 36.9 Å². The highest BCUT2D eigenvalue weighted by Crippen LogP contribution is 2.18. The van der Waals surface area contributed by atoms with E-state index in [9.17, 15) is 18.0 Å². The van der Waals surface area contributed by atoms with E-state index in [1.807, 2.05) is 0 Å². The van der Waals surface area contributed by atoms with Crippen LogP contribution in [0.3, 0.4) is 0 Å². The second kappa shape index (κ2) is 5.40. The fraction of sp³-hybridized carbons (Fsp3) is 0.538. The van der Waals surface area contributed by atoms with Crippen LogP contribution in [0.2, 0.25) is 0 Å². The molecule has 1 aliphatic rings. The molecule has 1 aromatic heterocycles. The molecule has 0 saturated carbocycles. The first-order valence-corrected chi connectivity index (χ1v) is 8.35. The zero-order valence-electron chi connectivity index (χ0n) is 11.6. The molecule has 20 heavy (non-hydrogen) atoms. The van der Waals surface area contributed by atoms with Crippen LogP contribution in [0.1, 0.15) is 23.8 Å². The number of nitrogens with zero attached hydrogens (tertiary/aromatic N) is 2. The third kappa shape index (κ3) is 2.77. The molecular formula is C13H18N2O4S. The highest BCUT2D eigenvalue weighted by molar-refractivity contribution is 7.91. The summed E-state index contributed by atoms with van der Waals surface area (Å²) in [7, 11) is -1.39. The highest BCUT2D eigenvalue weighted by Gasteiger charge is 2.36. The molecule has 1 fully saturated rings. The molecule has 1 amide bonds. The maximum atomic E-state index is 12.3. The van der Waals surface area contributed by atoms with Crippen LogP contribution in [0, 0.1) is 0 Å². The molecule has 0 spiro atoms. The number of amides is 1. The summed E-state index contributed by atoms with van der Waals surface area (Å²) in [5.41, 5.74) is 0.314. The molecule has 1 atom stereocenters. The number of aryl methyl sites for hydroxylation is 1. The topological polar surface area (TPSA) is 76.5 Å². The predicted octanol–water partition coefficient (Wildman–Crippen LogP) is 0.243. The Morgan fingerprint density at radius 3 is 2.60 bits per heavy atom. The number of aromatic nitrogens is 1. The van der Waals surface area contributed by atoms with Crippen molar-refractivity contribution < 1.29 is 18.0 Å². The largest absolute Gasteiger partial charge is 0.348 e. The lowest BCUT2D eigenvalue weighted by Crippen LogP contribution is -2.44. The molecule has 0 N–H and O–H groups in total. The minimum absolute atomic E-state index is 0.0486. The van der Waals surface area contributed by atoms with Gasteiger partial charge in [-0.2, -0.15) is 0 Å². The van der Waals surface area contributed by atoms with Gasteiger partial charge in [0.1, 0.15) is 0 Å². The zero-order chi connectivity index (χ0) is 14.9. The van der Waals surface area contributed by atoms with Crippen LogP contribution in [-0.2, 0) is 21.7 Å². The molecule has 0 aromatic carbocycles. The van der Waals surface area contributed by atoms with Crippen molar-refractivity contribution >= 4 is 21.5 Å². The summed E-state index contributed by atoms with van der Waals surface area (Å²) in [6.45, 7) is 2.08. The van der Waals surface area contributed by atoms with Crippen LogP contribution in [0.25, 0.3) is 0 Å². The fourth-order valence-corrected chi connectivity index (χ4v) is 4.26. The van der Waals surface area contributed by atoms with Gasteiger partial charge in [-0.05, 0) is 25.5 Å². The quantitative estimate of drug-likeness (QED) is 0.589. The molecule has 0 bridgehead atoms. The van der Waals surface area contributed by atoms with E-state index in [0.717, 1.165) is 0 Å². The highest BCUT2D eigenvalue weighted by atomic mass is 32.2. The molecule has 110 valence electrons. The van der Waals surface area contributed by atoms with Crippen molar-refractivity contribution in [2.24, 2.45) is 7.05 Å². The average Bonchev–Trinajstić information content (AvgIpc) is 2.95. The van der Waals surface area contributed by atoms with Gasteiger partial charge in [0, 0.05) is 25.8 Å². The number of hydrogen-bond acceptors (Lipinski definition) is 4. The summed E-state index contributed by atoms with van der Waals surface area (Å²) < 4.78 is 24.6. The van der Waals surface area contributed by atoms with Gasteiger partial charge in [0.05, 0.1) is 17.2 Å². The maximum Gasteiger partial charge on any atom is 0.296 e. The van der Waals surface area contributed by atoms with Crippen molar-refractivity contribution in [1.82, 2.24) is 9.47 Å². The van der Waals surface area contributed by atoms with Gasteiger partial charge in [0.2, 0.25) is 0 Å². The minimum Gasteiger partial charge on any atom is -0.348 e. The van der Waals surface area contributed by atoms with Crippen LogP contribution in [0.15, 0.2) is 18.3 Å². The zero-order valence-corrected chi connectivity index (χ0v) is 12.4. The van der Waals surface area contributed by atoms with Gasteiger partial charge in [-0.1, -0.05) is 0 Å². The maximum absolute atomic E-state index is 12.3. The molecular weight excluding hydrogens is 280 g/mol. The monoisotopic (exact) mass is 298 g/mol. The third-order valence-corrected chi connectivity index (χ3v) is 5.37. The molecule has 6 nitrogen and oxygen atoms in total. The first kappa shape index (κ1) is 14.8. The van der Waals surface area contributed by atoms with Gasteiger partial charge in [-0.3, -0.25) is 9.59 Å². The lowest BCUT2D eigenvalue weighted by molar-refractivity contribution is -0.128. The molecule has 1 aromatic rings. The Labute approximate surface area is 118 Å². The van der Waals surface area contributed by atoms with E-state index in [2.05, 4.69) is 0 Å². The van der Waals surface area contributed by atoms with E-state index in [-0.39, 0.29) is 17.5 Å². The molecule has 0 unspecified atom stereocenters. The van der Waals surface area contributed by atoms with Crippen molar-refractivity contribution in [2.75, 3.05) is 18.1 Å². The lowest BCUT2D eigenvalue weighted by Gasteiger charge is -2.26. The van der Waals surface area contributed by atoms with Gasteiger partial charge < -0.3 is 9.47 Å². The van der Waals surface area contributed by atoms with E-state index in [4.69, 9.17) is 0 Å². The van der Waals surface area contributed by atoms with Crippen LogP contribution in [-0.4, -0.2) is 53.7 Å². The van der Waals surface area contributed by atoms with Gasteiger partial charge in [0.25, 0.3) is 11.7 Å². The normalized spacial score (nSPS) is 20.8. The van der Waals surface area contributed by atoms with Crippen molar-refractivity contribution in [3.05, 3.63) is 24.0 Å². The van der Waals surface area contributed by atoms with Crippen molar-refractivity contribution in [2.45, 2.75) is 19.4 Å². The Morgan fingerprint density at radius 2 is 2.15 bits per heavy atom. The Kier molecular flexibility index (Phi) is 3.99. The number of carbonyl (C=O) groups excluding carboxylic acids is 2. The number of likely N-dealkylation sites (N-methyl/N-ethyl adjacent to an activating group) is 1. The second-order valence-electron chi connectivity index (χ2n) is 4.98. The summed E-state index contributed by atoms with van der Waals surface area (Å²) in [6, 6.07) is 2.89. The molecule has 7 heteroatoms. The van der Waals surface area contributed by atoms with Gasteiger partial charge in [-0.15, -0.1) is 0 Å². The lowest BCUT2D eigenvalue weighted by atomic mass is 10.1. The fourth-order valence-electron chi connectivity index (χ4n) is 2.53. The standard InChI is InChI=1S/C13H18N2O4S/c1-3-15(10-6-8-20(18,19)9-10)13(17)12(16)11-5-4-7-14(11)2/h4-5,7,10H,3,6,8-9H2,1-2H3/t10-/m0/s1. The summed E-state index contributed by atoms with van der Waals surface area (Å²) in [4.78, 5) is 25.8. The minimum atomic E-state index is -3.08. The average molecular weight is 298 g/mol. The molecule has 0 aliphatic carbocycles. The van der Waals surface area contributed by atoms with Gasteiger partial charge >= 0.3 is 0 Å². The van der Waals surface area contributed by atoms with Crippen molar-refractivity contribution in [3.8, 4) is 0 Å². The number of rotatable bonds is 4. The molecule has 1 aliphatic heterocycles. The number of ketones is 1. The van der Waals surface area contributed by atoms with Crippen LogP contribution in [0.4, 0.5) is 0 Å². The molecule has 1 saturated heterocycles. The first-order valence-electron chi connectivity index (χ1n) is 6.52. The molecule has 0 radical (unpaired) electrons.